The van der Waals surface area contributed by atoms with Crippen LogP contribution in [0.4, 0.5) is 13.2 Å². The highest BCUT2D eigenvalue weighted by atomic mass is 19.4. The molecule has 0 fully saturated rings. The van der Waals surface area contributed by atoms with Gasteiger partial charge >= 0.3 is 12.2 Å². The lowest BCUT2D eigenvalue weighted by Crippen LogP contribution is -2.32. The number of alkyl halides is 3. The molecule has 5 nitrogen and oxygen atoms in total. The Morgan fingerprint density at radius 2 is 2.19 bits per heavy atom. The van der Waals surface area contributed by atoms with Gasteiger partial charge in [0.2, 0.25) is 11.4 Å². The van der Waals surface area contributed by atoms with Gasteiger partial charge in [0.15, 0.2) is 0 Å². The van der Waals surface area contributed by atoms with Crippen LogP contribution >= 0.6 is 0 Å². The summed E-state index contributed by atoms with van der Waals surface area (Å²) in [6, 6.07) is 3.98. The zero-order chi connectivity index (χ0) is 25.6. The molecular weight excluding hydrogens is 347 g/mol. The molecule has 3 rings (SSSR count). The zero-order valence-electron chi connectivity index (χ0n) is 21.0. The van der Waals surface area contributed by atoms with Crippen LogP contribution in [0.5, 0.6) is 5.75 Å². The third-order valence-electron chi connectivity index (χ3n) is 3.38. The number of hydrogen-bond acceptors (Lipinski definition) is 3. The summed E-state index contributed by atoms with van der Waals surface area (Å²) in [5.41, 5.74) is -1.39. The van der Waals surface area contributed by atoms with E-state index in [2.05, 4.69) is 15.0 Å². The molecule has 2 heterocycles. The molecule has 1 aromatic rings. The van der Waals surface area contributed by atoms with Gasteiger partial charge in [0, 0.05) is 23.0 Å². The van der Waals surface area contributed by atoms with Crippen LogP contribution in [0.15, 0.2) is 52.3 Å². The fourth-order valence-corrected chi connectivity index (χ4v) is 2.28. The van der Waals surface area contributed by atoms with Gasteiger partial charge in [-0.2, -0.15) is 4.58 Å². The highest BCUT2D eigenvalue weighted by molar-refractivity contribution is 6.00. The van der Waals surface area contributed by atoms with Crippen LogP contribution in [0.25, 0.3) is 0 Å². The lowest BCUT2D eigenvalue weighted by Gasteiger charge is -2.11. The number of nitrogens with zero attached hydrogens (tertiary/aromatic N) is 2. The molecule has 0 radical (unpaired) electrons. The van der Waals surface area contributed by atoms with Crippen molar-refractivity contribution in [2.24, 2.45) is 4.99 Å². The van der Waals surface area contributed by atoms with Crippen molar-refractivity contribution in [3.8, 4) is 5.75 Å². The van der Waals surface area contributed by atoms with Crippen molar-refractivity contribution in [1.29, 1.82) is 0 Å². The van der Waals surface area contributed by atoms with Crippen molar-refractivity contribution in [1.82, 2.24) is 5.32 Å². The molecular formula is C18H17F3N3O2+. The minimum Gasteiger partial charge on any atom is -0.406 e. The number of benzene rings is 1. The van der Waals surface area contributed by atoms with Gasteiger partial charge in [0.05, 0.1) is 14.0 Å². The molecule has 1 unspecified atom stereocenters. The molecule has 8 heteroatoms. The van der Waals surface area contributed by atoms with E-state index in [1.807, 2.05) is 0 Å². The summed E-state index contributed by atoms with van der Waals surface area (Å²) < 4.78 is 103. The molecule has 136 valence electrons. The Bertz CT molecular complexity index is 1130. The first-order valence-corrected chi connectivity index (χ1v) is 7.23. The smallest absolute Gasteiger partial charge is 0.406 e. The van der Waals surface area contributed by atoms with E-state index in [1.165, 1.54) is 12.1 Å². The van der Waals surface area contributed by atoms with Crippen LogP contribution in [-0.2, 0) is 11.3 Å². The Hall–Kier alpha value is -2.90. The Morgan fingerprint density at radius 1 is 1.42 bits per heavy atom. The Morgan fingerprint density at radius 3 is 2.85 bits per heavy atom. The molecule has 1 N–H and O–H groups in total. The van der Waals surface area contributed by atoms with Crippen LogP contribution in [0.2, 0.25) is 0 Å². The summed E-state index contributed by atoms with van der Waals surface area (Å²) in [7, 11) is 0. The number of carbonyl (C=O) groups is 1. The maximum atomic E-state index is 12.9. The van der Waals surface area contributed by atoms with Gasteiger partial charge in [-0.25, -0.2) is 0 Å². The maximum absolute atomic E-state index is 12.9. The Labute approximate surface area is 159 Å². The molecule has 0 bridgehead atoms. The number of amidine groups is 1. The third kappa shape index (κ3) is 4.01. The maximum Gasteiger partial charge on any atom is 0.573 e. The van der Waals surface area contributed by atoms with Gasteiger partial charge in [0.1, 0.15) is 5.75 Å². The lowest BCUT2D eigenvalue weighted by atomic mass is 10.2. The molecule has 0 saturated carbocycles. The Kier molecular flexibility index (Phi) is 2.68. The van der Waals surface area contributed by atoms with Gasteiger partial charge in [-0.1, -0.05) is 18.2 Å². The molecule has 1 amide bonds. The monoisotopic (exact) mass is 372 g/mol. The zero-order valence-corrected chi connectivity index (χ0v) is 13.0. The molecule has 0 spiro atoms. The summed E-state index contributed by atoms with van der Waals surface area (Å²) in [5, 5.41) is 2.41. The SMILES string of the molecule is [2H]C1=C(C([2H])([2H])[2H])C=[N+]2C(=NC(C([2H])([2H])[2H])=C2C(=O)NCc2ccc(OC(F)(F)F)cc2)C1[2H]. The molecule has 2 aliphatic heterocycles. The van der Waals surface area contributed by atoms with E-state index in [4.69, 9.17) is 11.0 Å². The van der Waals surface area contributed by atoms with Crippen molar-refractivity contribution >= 4 is 18.0 Å². The largest absolute Gasteiger partial charge is 0.573 e. The summed E-state index contributed by atoms with van der Waals surface area (Å²) in [5.74, 6) is -1.74. The minimum absolute atomic E-state index is 0.220. The first-order chi connectivity index (χ1) is 15.5. The number of aliphatic imine (C=N–C) groups is 1. The summed E-state index contributed by atoms with van der Waals surface area (Å²) in [6.07, 6.45) is -5.60. The van der Waals surface area contributed by atoms with Crippen LogP contribution in [0.1, 0.15) is 36.6 Å². The van der Waals surface area contributed by atoms with Gasteiger partial charge < -0.3 is 10.1 Å². The van der Waals surface area contributed by atoms with Crippen molar-refractivity contribution < 1.29 is 38.2 Å². The first kappa shape index (κ1) is 10.3. The number of nitrogens with one attached hydrogen (secondary N) is 1. The fraction of sp³-hybridized carbons (Fsp3) is 0.278. The topological polar surface area (TPSA) is 53.7 Å². The van der Waals surface area contributed by atoms with E-state index in [1.54, 1.807) is 0 Å². The molecule has 0 aromatic heterocycles. The third-order valence-corrected chi connectivity index (χ3v) is 3.38. The number of allylic oxidation sites excluding steroid dienone is 2. The number of fused-ring (bicyclic) bond motifs is 1. The van der Waals surface area contributed by atoms with E-state index in [0.717, 1.165) is 22.9 Å². The van der Waals surface area contributed by atoms with Crippen molar-refractivity contribution in [3.63, 3.8) is 0 Å². The summed E-state index contributed by atoms with van der Waals surface area (Å²) in [4.78, 5) is 16.8. The van der Waals surface area contributed by atoms with Crippen LogP contribution in [0, 0.1) is 0 Å². The van der Waals surface area contributed by atoms with E-state index >= 15 is 0 Å². The predicted octanol–water partition coefficient (Wildman–Crippen LogP) is 3.28. The summed E-state index contributed by atoms with van der Waals surface area (Å²) >= 11 is 0. The highest BCUT2D eigenvalue weighted by Crippen LogP contribution is 2.23. The molecule has 1 aromatic carbocycles. The van der Waals surface area contributed by atoms with Gasteiger partial charge in [0.25, 0.3) is 5.91 Å². The average Bonchev–Trinajstić information content (AvgIpc) is 3.08. The van der Waals surface area contributed by atoms with E-state index in [0.29, 0.717) is 5.56 Å². The van der Waals surface area contributed by atoms with Gasteiger partial charge in [-0.15, -0.1) is 13.2 Å². The Balaban J connectivity index is 1.89. The minimum atomic E-state index is -4.87. The van der Waals surface area contributed by atoms with Crippen LogP contribution in [-0.4, -0.2) is 28.9 Å². The van der Waals surface area contributed by atoms with E-state index in [9.17, 15) is 18.0 Å². The van der Waals surface area contributed by atoms with E-state index in [-0.39, 0.29) is 12.4 Å². The number of hydrogen-bond donors (Lipinski definition) is 1. The van der Waals surface area contributed by atoms with Crippen LogP contribution in [0.3, 0.4) is 0 Å². The second-order valence-corrected chi connectivity index (χ2v) is 5.24. The van der Waals surface area contributed by atoms with Crippen LogP contribution < -0.4 is 10.1 Å². The number of amides is 1. The second kappa shape index (κ2) is 6.78. The van der Waals surface area contributed by atoms with Gasteiger partial charge in [-0.3, -0.25) is 4.79 Å². The van der Waals surface area contributed by atoms with Gasteiger partial charge in [-0.05, 0) is 35.1 Å². The molecule has 1 atom stereocenters. The molecule has 26 heavy (non-hydrogen) atoms. The first-order valence-electron chi connectivity index (χ1n) is 11.3. The fourth-order valence-electron chi connectivity index (χ4n) is 2.28. The van der Waals surface area contributed by atoms with Crippen molar-refractivity contribution in [2.45, 2.75) is 33.0 Å². The van der Waals surface area contributed by atoms with Crippen molar-refractivity contribution in [3.05, 3.63) is 52.8 Å². The average molecular weight is 372 g/mol. The molecule has 0 saturated heterocycles. The molecule has 0 aliphatic carbocycles. The normalized spacial score (nSPS) is 25.3. The predicted molar refractivity (Wildman–Crippen MR) is 89.8 cm³/mol. The second-order valence-electron chi connectivity index (χ2n) is 5.24. The summed E-state index contributed by atoms with van der Waals surface area (Å²) in [6.45, 7) is -5.92. The number of carbonyl (C=O) groups excluding carboxylic acids is 1. The highest BCUT2D eigenvalue weighted by Gasteiger charge is 2.36. The van der Waals surface area contributed by atoms with E-state index < -0.39 is 61.1 Å². The lowest BCUT2D eigenvalue weighted by molar-refractivity contribution is -0.337. The number of rotatable bonds is 4. The molecule has 2 aliphatic rings. The number of ether oxygens (including phenoxy) is 1. The quantitative estimate of drug-likeness (QED) is 0.825. The van der Waals surface area contributed by atoms with Crippen molar-refractivity contribution in [2.75, 3.05) is 0 Å². The number of halogens is 3. The standard InChI is InChI=1S/C18H16F3N3O2/c1-11-3-8-15-23-12(2)16(24(15)10-11)17(25)22-9-13-4-6-14(7-5-13)26-18(19,20)21/h3-7,10H,8-9H2,1-2H3/p+1/i1D3,2D3,3D,8D.